The van der Waals surface area contributed by atoms with Crippen LogP contribution >= 0.6 is 11.6 Å². The summed E-state index contributed by atoms with van der Waals surface area (Å²) in [6, 6.07) is 19.9. The van der Waals surface area contributed by atoms with Gasteiger partial charge in [-0.1, -0.05) is 60.1 Å². The standard InChI is InChI=1S/C31H27ClN4O4/c1-4-39-31(38)27-26(22-9-5-6-10-23(22)32)25(30(37)36-24-11-7-8-16-33-24)18(2)35-28(27)20-12-14-21(15-13-20)29-19(3)34-17-40-29/h5-17,25-26H,4H2,1-3H3,(H,33,36,37). The van der Waals surface area contributed by atoms with Gasteiger partial charge in [-0.3, -0.25) is 9.79 Å². The maximum atomic E-state index is 13.8. The summed E-state index contributed by atoms with van der Waals surface area (Å²) in [6.07, 6.45) is 2.99. The third kappa shape index (κ3) is 5.31. The van der Waals surface area contributed by atoms with Crippen LogP contribution in [0.1, 0.15) is 36.6 Å². The third-order valence-corrected chi connectivity index (χ3v) is 7.08. The third-order valence-electron chi connectivity index (χ3n) is 6.74. The lowest BCUT2D eigenvalue weighted by Crippen LogP contribution is -2.38. The van der Waals surface area contributed by atoms with E-state index in [1.807, 2.05) is 43.3 Å². The summed E-state index contributed by atoms with van der Waals surface area (Å²) in [5.41, 5.74) is 4.11. The van der Waals surface area contributed by atoms with Crippen molar-refractivity contribution < 1.29 is 18.7 Å². The molecule has 0 aliphatic carbocycles. The van der Waals surface area contributed by atoms with Gasteiger partial charge >= 0.3 is 5.97 Å². The van der Waals surface area contributed by atoms with Gasteiger partial charge in [-0.05, 0) is 44.5 Å². The first kappa shape index (κ1) is 27.0. The summed E-state index contributed by atoms with van der Waals surface area (Å²) >= 11 is 6.69. The number of oxazole rings is 1. The molecule has 2 unspecified atom stereocenters. The molecule has 3 heterocycles. The predicted molar refractivity (Wildman–Crippen MR) is 154 cm³/mol. The molecular formula is C31H27ClN4O4. The summed E-state index contributed by atoms with van der Waals surface area (Å²) in [4.78, 5) is 40.7. The topological polar surface area (TPSA) is 107 Å². The molecule has 1 aliphatic rings. The molecule has 4 aromatic rings. The Hall–Kier alpha value is -4.56. The maximum absolute atomic E-state index is 13.8. The zero-order valence-corrected chi connectivity index (χ0v) is 23.0. The second-order valence-corrected chi connectivity index (χ2v) is 9.67. The van der Waals surface area contributed by atoms with Crippen molar-refractivity contribution in [1.82, 2.24) is 9.97 Å². The highest BCUT2D eigenvalue weighted by Gasteiger charge is 2.43. The highest BCUT2D eigenvalue weighted by molar-refractivity contribution is 6.31. The monoisotopic (exact) mass is 554 g/mol. The molecule has 5 rings (SSSR count). The number of aromatic nitrogens is 2. The van der Waals surface area contributed by atoms with Crippen molar-refractivity contribution in [3.05, 3.63) is 107 Å². The van der Waals surface area contributed by atoms with Crippen LogP contribution in [0.25, 0.3) is 17.0 Å². The fraction of sp³-hybridized carbons (Fsp3) is 0.194. The van der Waals surface area contributed by atoms with Crippen molar-refractivity contribution in [2.75, 3.05) is 11.9 Å². The number of amides is 1. The van der Waals surface area contributed by atoms with Crippen LogP contribution in [0.5, 0.6) is 0 Å². The van der Waals surface area contributed by atoms with E-state index in [0.29, 0.717) is 39.1 Å². The van der Waals surface area contributed by atoms with Gasteiger partial charge in [-0.15, -0.1) is 0 Å². The van der Waals surface area contributed by atoms with Crippen LogP contribution in [0.15, 0.2) is 94.3 Å². The molecule has 202 valence electrons. The number of aryl methyl sites for hydroxylation is 1. The van der Waals surface area contributed by atoms with Crippen molar-refractivity contribution in [3.63, 3.8) is 0 Å². The molecule has 0 radical (unpaired) electrons. The quantitative estimate of drug-likeness (QED) is 0.262. The number of halogens is 1. The molecule has 2 aromatic heterocycles. The minimum Gasteiger partial charge on any atom is -0.463 e. The minimum atomic E-state index is -0.846. The molecule has 0 spiro atoms. The van der Waals surface area contributed by atoms with Gasteiger partial charge in [-0.25, -0.2) is 14.8 Å². The summed E-state index contributed by atoms with van der Waals surface area (Å²) in [7, 11) is 0. The van der Waals surface area contributed by atoms with Crippen LogP contribution < -0.4 is 5.32 Å². The first-order valence-corrected chi connectivity index (χ1v) is 13.2. The lowest BCUT2D eigenvalue weighted by atomic mass is 9.74. The molecular weight excluding hydrogens is 528 g/mol. The van der Waals surface area contributed by atoms with E-state index in [2.05, 4.69) is 15.3 Å². The van der Waals surface area contributed by atoms with Crippen LogP contribution in [-0.4, -0.2) is 34.2 Å². The molecule has 0 fully saturated rings. The molecule has 1 aliphatic heterocycles. The molecule has 1 N–H and O–H groups in total. The second-order valence-electron chi connectivity index (χ2n) is 9.26. The number of benzene rings is 2. The van der Waals surface area contributed by atoms with Gasteiger partial charge in [0.05, 0.1) is 29.5 Å². The highest BCUT2D eigenvalue weighted by atomic mass is 35.5. The van der Waals surface area contributed by atoms with Gasteiger partial charge in [0.1, 0.15) is 5.82 Å². The molecule has 1 amide bonds. The Morgan fingerprint density at radius 3 is 2.35 bits per heavy atom. The zero-order chi connectivity index (χ0) is 28.2. The minimum absolute atomic E-state index is 0.155. The summed E-state index contributed by atoms with van der Waals surface area (Å²) in [6.45, 7) is 5.54. The van der Waals surface area contributed by atoms with Crippen molar-refractivity contribution >= 4 is 40.7 Å². The number of hydrogen-bond acceptors (Lipinski definition) is 7. The molecule has 0 saturated carbocycles. The first-order chi connectivity index (χ1) is 19.4. The number of carbonyl (C=O) groups excluding carboxylic acids is 2. The Labute approximate surface area is 236 Å². The van der Waals surface area contributed by atoms with Crippen molar-refractivity contribution in [2.45, 2.75) is 26.7 Å². The number of anilines is 1. The van der Waals surface area contributed by atoms with E-state index >= 15 is 0 Å². The predicted octanol–water partition coefficient (Wildman–Crippen LogP) is 6.49. The van der Waals surface area contributed by atoms with Gasteiger partial charge in [0, 0.05) is 34.0 Å². The normalized spacial score (nSPS) is 16.9. The molecule has 8 nitrogen and oxygen atoms in total. The largest absolute Gasteiger partial charge is 0.463 e. The van der Waals surface area contributed by atoms with Crippen LogP contribution in [0.3, 0.4) is 0 Å². The number of carbonyl (C=O) groups is 2. The molecule has 9 heteroatoms. The van der Waals surface area contributed by atoms with Crippen molar-refractivity contribution in [2.24, 2.45) is 10.9 Å². The maximum Gasteiger partial charge on any atom is 0.336 e. The fourth-order valence-electron chi connectivity index (χ4n) is 4.92. The number of aliphatic imine (C=N–C) groups is 1. The van der Waals surface area contributed by atoms with Crippen LogP contribution in [0.2, 0.25) is 5.02 Å². The average molecular weight is 555 g/mol. The first-order valence-electron chi connectivity index (χ1n) is 12.8. The number of esters is 1. The van der Waals surface area contributed by atoms with E-state index in [4.69, 9.17) is 25.7 Å². The SMILES string of the molecule is CCOC(=O)C1=C(c2ccc(-c3ocnc3C)cc2)N=C(C)C(C(=O)Nc2ccccn2)C1c1ccccc1Cl. The van der Waals surface area contributed by atoms with Crippen molar-refractivity contribution in [3.8, 4) is 11.3 Å². The lowest BCUT2D eigenvalue weighted by molar-refractivity contribution is -0.138. The smallest absolute Gasteiger partial charge is 0.336 e. The van der Waals surface area contributed by atoms with E-state index in [0.717, 1.165) is 11.3 Å². The van der Waals surface area contributed by atoms with E-state index in [9.17, 15) is 9.59 Å². The van der Waals surface area contributed by atoms with E-state index < -0.39 is 17.8 Å². The average Bonchev–Trinajstić information content (AvgIpc) is 3.39. The van der Waals surface area contributed by atoms with Gasteiger partial charge in [0.2, 0.25) is 5.91 Å². The number of rotatable bonds is 7. The van der Waals surface area contributed by atoms with Gasteiger partial charge in [0.25, 0.3) is 0 Å². The summed E-state index contributed by atoms with van der Waals surface area (Å²) in [5, 5.41) is 3.30. The zero-order valence-electron chi connectivity index (χ0n) is 22.2. The molecule has 0 bridgehead atoms. The number of nitrogens with zero attached hydrogens (tertiary/aromatic N) is 3. The number of nitrogens with one attached hydrogen (secondary N) is 1. The number of pyridine rings is 1. The Morgan fingerprint density at radius 1 is 0.975 bits per heavy atom. The van der Waals surface area contributed by atoms with Gasteiger partial charge < -0.3 is 14.5 Å². The Bertz CT molecular complexity index is 1610. The Morgan fingerprint density at radius 2 is 1.70 bits per heavy atom. The molecule has 2 aromatic carbocycles. The summed E-state index contributed by atoms with van der Waals surface area (Å²) in [5.74, 6) is -1.48. The molecule has 0 saturated heterocycles. The lowest BCUT2D eigenvalue weighted by Gasteiger charge is -2.33. The van der Waals surface area contributed by atoms with E-state index in [-0.39, 0.29) is 18.1 Å². The second kappa shape index (κ2) is 11.7. The van der Waals surface area contributed by atoms with Crippen molar-refractivity contribution in [1.29, 1.82) is 0 Å². The Balaban J connectivity index is 1.67. The summed E-state index contributed by atoms with van der Waals surface area (Å²) < 4.78 is 11.1. The number of hydrogen-bond donors (Lipinski definition) is 1. The number of ether oxygens (including phenoxy) is 1. The van der Waals surface area contributed by atoms with Gasteiger partial charge in [-0.2, -0.15) is 0 Å². The van der Waals surface area contributed by atoms with Gasteiger partial charge in [0.15, 0.2) is 12.2 Å². The van der Waals surface area contributed by atoms with Crippen LogP contribution in [-0.2, 0) is 14.3 Å². The molecule has 40 heavy (non-hydrogen) atoms. The highest BCUT2D eigenvalue weighted by Crippen LogP contribution is 2.45. The molecule has 2 atom stereocenters. The van der Waals surface area contributed by atoms with Crippen LogP contribution in [0, 0.1) is 12.8 Å². The fourth-order valence-corrected chi connectivity index (χ4v) is 5.17. The van der Waals surface area contributed by atoms with Crippen LogP contribution in [0.4, 0.5) is 5.82 Å². The van der Waals surface area contributed by atoms with E-state index in [1.165, 1.54) is 6.39 Å². The van der Waals surface area contributed by atoms with E-state index in [1.54, 1.807) is 50.4 Å². The Kier molecular flexibility index (Phi) is 7.89.